The van der Waals surface area contributed by atoms with Crippen LogP contribution in [0.1, 0.15) is 57.9 Å². The predicted molar refractivity (Wildman–Crippen MR) is 219 cm³/mol. The van der Waals surface area contributed by atoms with E-state index in [9.17, 15) is 18.0 Å². The van der Waals surface area contributed by atoms with Crippen molar-refractivity contribution in [3.8, 4) is 34.4 Å². The molecular weight excluding hydrogens is 804 g/mol. The number of amides is 2. The molecule has 8 rings (SSSR count). The number of halogens is 1. The highest BCUT2D eigenvalue weighted by Gasteiger charge is 2.61. The monoisotopic (exact) mass is 848 g/mol. The zero-order chi connectivity index (χ0) is 41.1. The minimum atomic E-state index is -3.86. The van der Waals surface area contributed by atoms with Gasteiger partial charge in [0.25, 0.3) is 0 Å². The number of hydrogen-bond donors (Lipinski definition) is 1. The normalized spacial score (nSPS) is 23.1. The van der Waals surface area contributed by atoms with Gasteiger partial charge in [0.05, 0.1) is 47.3 Å². The summed E-state index contributed by atoms with van der Waals surface area (Å²) in [6, 6.07) is 9.96. The second-order valence-corrected chi connectivity index (χ2v) is 20.0. The van der Waals surface area contributed by atoms with Crippen molar-refractivity contribution in [2.75, 3.05) is 20.4 Å². The molecule has 1 N–H and O–H groups in total. The van der Waals surface area contributed by atoms with Crippen LogP contribution in [0.4, 0.5) is 0 Å². The summed E-state index contributed by atoms with van der Waals surface area (Å²) in [6.07, 6.45) is 3.90. The van der Waals surface area contributed by atoms with E-state index in [4.69, 9.17) is 35.5 Å². The van der Waals surface area contributed by atoms with Gasteiger partial charge in [-0.15, -0.1) is 17.9 Å². The molecule has 4 heterocycles. The number of rotatable bonds is 14. The van der Waals surface area contributed by atoms with Crippen LogP contribution in [0.3, 0.4) is 0 Å². The van der Waals surface area contributed by atoms with Gasteiger partial charge in [0.15, 0.2) is 17.3 Å². The molecule has 58 heavy (non-hydrogen) atoms. The molecule has 2 aromatic carbocycles. The molecule has 4 aromatic rings. The summed E-state index contributed by atoms with van der Waals surface area (Å²) in [4.78, 5) is 54.3. The fourth-order valence-corrected chi connectivity index (χ4v) is 10.5. The van der Waals surface area contributed by atoms with Crippen molar-refractivity contribution in [3.63, 3.8) is 0 Å². The maximum Gasteiger partial charge on any atom is 0.240 e. The Morgan fingerprint density at radius 2 is 1.91 bits per heavy atom. The SMILES string of the molecule is C=C[C@@H]1C[C@]1(CC(=O)[C@@H]1C[C@@H](Oc2ncc(OC)c3ccc(Cl)cc23)CN1C(=O)[C@@H](Cc1nc(-c2ccc3c(c2)OCO3)cs1)C(C)(C)C)C(=O)NS(=O)(=O)C1CC1. The number of ether oxygens (including phenoxy) is 4. The number of Topliss-reactive ketones (excluding diaryl/α,β-unsaturated/α-hetero) is 1. The maximum atomic E-state index is 15.0. The number of thiazole rings is 1. The van der Waals surface area contributed by atoms with Crippen molar-refractivity contribution < 1.29 is 41.7 Å². The van der Waals surface area contributed by atoms with Gasteiger partial charge in [0, 0.05) is 51.9 Å². The molecule has 16 heteroatoms. The summed E-state index contributed by atoms with van der Waals surface area (Å²) >= 11 is 7.85. The molecule has 0 unspecified atom stereocenters. The first-order chi connectivity index (χ1) is 27.6. The summed E-state index contributed by atoms with van der Waals surface area (Å²) < 4.78 is 51.0. The molecule has 2 aliphatic carbocycles. The van der Waals surface area contributed by atoms with Crippen LogP contribution in [-0.2, 0) is 30.8 Å². The van der Waals surface area contributed by atoms with Crippen LogP contribution in [-0.4, -0.2) is 78.7 Å². The molecule has 2 aliphatic heterocycles. The Hall–Kier alpha value is -4.73. The minimum absolute atomic E-state index is 0.0675. The van der Waals surface area contributed by atoms with E-state index in [2.05, 4.69) is 16.3 Å². The Labute approximate surface area is 346 Å². The van der Waals surface area contributed by atoms with Crippen molar-refractivity contribution in [1.29, 1.82) is 0 Å². The highest BCUT2D eigenvalue weighted by atomic mass is 35.5. The summed E-state index contributed by atoms with van der Waals surface area (Å²) in [5, 5.41) is 3.89. The Morgan fingerprint density at radius 1 is 1.14 bits per heavy atom. The van der Waals surface area contributed by atoms with Gasteiger partial charge in [-0.1, -0.05) is 38.4 Å². The first-order valence-corrected chi connectivity index (χ1v) is 22.1. The molecule has 0 spiro atoms. The lowest BCUT2D eigenvalue weighted by atomic mass is 9.77. The number of likely N-dealkylation sites (tertiary alicyclic amines) is 1. The van der Waals surface area contributed by atoms with E-state index in [1.54, 1.807) is 36.4 Å². The number of nitrogens with one attached hydrogen (secondary N) is 1. The molecule has 1 saturated heterocycles. The van der Waals surface area contributed by atoms with Gasteiger partial charge in [-0.3, -0.25) is 19.1 Å². The predicted octanol–water partition coefficient (Wildman–Crippen LogP) is 6.76. The van der Waals surface area contributed by atoms with Crippen LogP contribution in [0.15, 0.2) is 60.6 Å². The molecule has 2 amide bonds. The topological polar surface area (TPSA) is 163 Å². The zero-order valence-electron chi connectivity index (χ0n) is 32.7. The average Bonchev–Trinajstić information content (AvgIpc) is 3.98. The van der Waals surface area contributed by atoms with Gasteiger partial charge in [-0.2, -0.15) is 0 Å². The van der Waals surface area contributed by atoms with E-state index in [0.29, 0.717) is 46.9 Å². The van der Waals surface area contributed by atoms with Crippen LogP contribution in [0, 0.1) is 22.7 Å². The number of benzene rings is 2. The summed E-state index contributed by atoms with van der Waals surface area (Å²) in [5.74, 6) is -0.193. The number of carbonyl (C=O) groups excluding carboxylic acids is 3. The Kier molecular flexibility index (Phi) is 10.5. The number of fused-ring (bicyclic) bond motifs is 2. The lowest BCUT2D eigenvalue weighted by Crippen LogP contribution is -2.48. The lowest BCUT2D eigenvalue weighted by Gasteiger charge is -2.35. The Balaban J connectivity index is 1.09. The van der Waals surface area contributed by atoms with Gasteiger partial charge >= 0.3 is 0 Å². The third kappa shape index (κ3) is 7.75. The van der Waals surface area contributed by atoms with Gasteiger partial charge in [-0.25, -0.2) is 18.4 Å². The first kappa shape index (κ1) is 40.1. The molecule has 0 radical (unpaired) electrons. The third-order valence-corrected chi connectivity index (χ3v) is 14.6. The Bertz CT molecular complexity index is 2430. The second kappa shape index (κ2) is 15.1. The molecule has 306 valence electrons. The van der Waals surface area contributed by atoms with E-state index in [-0.39, 0.29) is 50.2 Å². The van der Waals surface area contributed by atoms with Crippen molar-refractivity contribution in [1.82, 2.24) is 19.6 Å². The van der Waals surface area contributed by atoms with Crippen LogP contribution in [0.25, 0.3) is 22.0 Å². The number of aromatic nitrogens is 2. The molecule has 2 aromatic heterocycles. The first-order valence-electron chi connectivity index (χ1n) is 19.3. The van der Waals surface area contributed by atoms with Crippen LogP contribution < -0.4 is 23.7 Å². The molecule has 4 aliphatic rings. The molecule has 0 bridgehead atoms. The summed E-state index contributed by atoms with van der Waals surface area (Å²) in [5.41, 5.74) is -0.235. The number of nitrogens with zero attached hydrogens (tertiary/aromatic N) is 3. The maximum absolute atomic E-state index is 15.0. The van der Waals surface area contributed by atoms with Crippen LogP contribution in [0.2, 0.25) is 5.02 Å². The fraction of sp³-hybridized carbons (Fsp3) is 0.452. The number of hydrogen-bond acceptors (Lipinski definition) is 12. The number of carbonyl (C=O) groups is 3. The highest BCUT2D eigenvalue weighted by molar-refractivity contribution is 7.90. The van der Waals surface area contributed by atoms with Crippen LogP contribution >= 0.6 is 22.9 Å². The van der Waals surface area contributed by atoms with Crippen molar-refractivity contribution >= 4 is 61.3 Å². The number of sulfonamides is 1. The van der Waals surface area contributed by atoms with E-state index < -0.39 is 56.0 Å². The number of methoxy groups -OCH3 is 1. The molecular formula is C42H45ClN4O9S2. The largest absolute Gasteiger partial charge is 0.494 e. The third-order valence-electron chi connectivity index (χ3n) is 11.7. The van der Waals surface area contributed by atoms with Gasteiger partial charge in [-0.05, 0) is 67.0 Å². The van der Waals surface area contributed by atoms with Gasteiger partial charge < -0.3 is 23.8 Å². The smallest absolute Gasteiger partial charge is 0.240 e. The van der Waals surface area contributed by atoms with E-state index in [1.807, 2.05) is 50.4 Å². The summed E-state index contributed by atoms with van der Waals surface area (Å²) in [7, 11) is -2.31. The highest BCUT2D eigenvalue weighted by Crippen LogP contribution is 2.57. The van der Waals surface area contributed by atoms with E-state index >= 15 is 4.79 Å². The average molecular weight is 849 g/mol. The minimum Gasteiger partial charge on any atom is -0.494 e. The van der Waals surface area contributed by atoms with Crippen molar-refractivity contribution in [2.24, 2.45) is 22.7 Å². The Morgan fingerprint density at radius 3 is 2.62 bits per heavy atom. The standard InChI is InChI=1S/C42H45ClN4O9S2/c1-6-24-17-42(24,40(50)46-58(51,52)27-9-10-27)18-33(48)32-15-26(56-38-29-14-25(43)8-11-28(29)36(53-5)19-44-38)20-47(32)39(49)30(41(2,3)4)16-37-45-31(21-57-37)23-7-12-34-35(13-23)55-22-54-34/h6-8,11-14,19,21,24,26-27,30,32H,1,9-10,15-18,20,22H2,2-5H3,(H,46,50)/t24-,26-,30-,32+,42-/m1/s1. The lowest BCUT2D eigenvalue weighted by molar-refractivity contribution is -0.144. The number of ketones is 1. The quantitative estimate of drug-likeness (QED) is 0.133. The summed E-state index contributed by atoms with van der Waals surface area (Å²) in [6.45, 7) is 10.0. The molecule has 2 saturated carbocycles. The number of pyridine rings is 1. The van der Waals surface area contributed by atoms with E-state index in [1.165, 1.54) is 11.3 Å². The number of allylic oxidation sites excluding steroid dienone is 1. The zero-order valence-corrected chi connectivity index (χ0v) is 35.0. The fourth-order valence-electron chi connectivity index (χ4n) is 8.05. The van der Waals surface area contributed by atoms with E-state index in [0.717, 1.165) is 21.7 Å². The van der Waals surface area contributed by atoms with Crippen molar-refractivity contribution in [3.05, 3.63) is 70.7 Å². The molecule has 5 atom stereocenters. The molecule has 13 nitrogen and oxygen atoms in total. The second-order valence-electron chi connectivity index (χ2n) is 16.6. The van der Waals surface area contributed by atoms with Crippen LogP contribution in [0.5, 0.6) is 23.1 Å². The van der Waals surface area contributed by atoms with Gasteiger partial charge in [0.2, 0.25) is 34.5 Å². The molecule has 3 fully saturated rings. The van der Waals surface area contributed by atoms with Gasteiger partial charge in [0.1, 0.15) is 11.9 Å². The van der Waals surface area contributed by atoms with Crippen molar-refractivity contribution in [2.45, 2.75) is 76.7 Å².